The smallest absolute Gasteiger partial charge is 0.233 e. The molecule has 0 saturated heterocycles. The molecule has 1 aliphatic carbocycles. The number of thiophene rings is 1. The highest BCUT2D eigenvalue weighted by Gasteiger charge is 2.52. The fraction of sp³-hybridized carbons (Fsp3) is 0.312. The molecule has 0 atom stereocenters. The van der Waals surface area contributed by atoms with Gasteiger partial charge in [0.25, 0.3) is 0 Å². The zero-order chi connectivity index (χ0) is 14.2. The molecule has 104 valence electrons. The summed E-state index contributed by atoms with van der Waals surface area (Å²) in [6.07, 6.45) is 1.87. The molecule has 1 aliphatic rings. The number of hydrogen-bond donors (Lipinski definition) is 1. The SMILES string of the molecule is CN(Cc1ccsc1)C(=O)C1(c2ccc(N)cc2)CC1. The van der Waals surface area contributed by atoms with Crippen LogP contribution in [0.1, 0.15) is 24.0 Å². The molecular weight excluding hydrogens is 268 g/mol. The first-order chi connectivity index (χ1) is 9.62. The summed E-state index contributed by atoms with van der Waals surface area (Å²) < 4.78 is 0. The van der Waals surface area contributed by atoms with E-state index in [1.807, 2.05) is 41.6 Å². The van der Waals surface area contributed by atoms with Crippen molar-refractivity contribution in [2.75, 3.05) is 12.8 Å². The van der Waals surface area contributed by atoms with Gasteiger partial charge < -0.3 is 10.6 Å². The number of benzene rings is 1. The zero-order valence-electron chi connectivity index (χ0n) is 11.5. The van der Waals surface area contributed by atoms with Crippen LogP contribution in [-0.2, 0) is 16.8 Å². The summed E-state index contributed by atoms with van der Waals surface area (Å²) in [5.74, 6) is 0.216. The largest absolute Gasteiger partial charge is 0.399 e. The van der Waals surface area contributed by atoms with Crippen molar-refractivity contribution in [2.45, 2.75) is 24.8 Å². The third-order valence-corrected chi connectivity index (χ3v) is 4.70. The number of carbonyl (C=O) groups is 1. The molecule has 1 aromatic heterocycles. The maximum atomic E-state index is 12.7. The first-order valence-corrected chi connectivity index (χ1v) is 7.69. The molecule has 1 amide bonds. The summed E-state index contributed by atoms with van der Waals surface area (Å²) in [5.41, 5.74) is 8.44. The number of amides is 1. The third kappa shape index (κ3) is 2.31. The fourth-order valence-electron chi connectivity index (χ4n) is 2.65. The van der Waals surface area contributed by atoms with Gasteiger partial charge in [0.2, 0.25) is 5.91 Å². The Hall–Kier alpha value is -1.81. The molecule has 0 unspecified atom stereocenters. The second-order valence-corrected chi connectivity index (χ2v) is 6.28. The molecular formula is C16H18N2OS. The van der Waals surface area contributed by atoms with Gasteiger partial charge in [-0.2, -0.15) is 11.3 Å². The number of carbonyl (C=O) groups excluding carboxylic acids is 1. The van der Waals surface area contributed by atoms with Crippen molar-refractivity contribution >= 4 is 22.9 Å². The van der Waals surface area contributed by atoms with Gasteiger partial charge in [0, 0.05) is 19.3 Å². The van der Waals surface area contributed by atoms with Gasteiger partial charge in [-0.1, -0.05) is 12.1 Å². The van der Waals surface area contributed by atoms with Gasteiger partial charge in [0.1, 0.15) is 0 Å². The van der Waals surface area contributed by atoms with Crippen LogP contribution < -0.4 is 5.73 Å². The Morgan fingerprint density at radius 3 is 2.55 bits per heavy atom. The summed E-state index contributed by atoms with van der Waals surface area (Å²) in [5, 5.41) is 4.13. The van der Waals surface area contributed by atoms with E-state index in [0.717, 1.165) is 24.1 Å². The Bertz CT molecular complexity index is 600. The highest BCUT2D eigenvalue weighted by Crippen LogP contribution is 2.49. The van der Waals surface area contributed by atoms with Gasteiger partial charge in [-0.15, -0.1) is 0 Å². The minimum atomic E-state index is -0.307. The van der Waals surface area contributed by atoms with E-state index in [9.17, 15) is 4.79 Å². The van der Waals surface area contributed by atoms with E-state index in [0.29, 0.717) is 6.54 Å². The van der Waals surface area contributed by atoms with Crippen molar-refractivity contribution < 1.29 is 4.79 Å². The Morgan fingerprint density at radius 2 is 2.00 bits per heavy atom. The minimum Gasteiger partial charge on any atom is -0.399 e. The highest BCUT2D eigenvalue weighted by molar-refractivity contribution is 7.07. The molecule has 1 saturated carbocycles. The molecule has 1 aromatic carbocycles. The fourth-order valence-corrected chi connectivity index (χ4v) is 3.31. The second kappa shape index (κ2) is 4.94. The van der Waals surface area contributed by atoms with Crippen molar-refractivity contribution in [3.8, 4) is 0 Å². The summed E-state index contributed by atoms with van der Waals surface area (Å²) in [7, 11) is 1.89. The summed E-state index contributed by atoms with van der Waals surface area (Å²) >= 11 is 1.66. The van der Waals surface area contributed by atoms with Gasteiger partial charge in [-0.3, -0.25) is 4.79 Å². The van der Waals surface area contributed by atoms with Gasteiger partial charge >= 0.3 is 0 Å². The maximum absolute atomic E-state index is 12.7. The first-order valence-electron chi connectivity index (χ1n) is 6.74. The Morgan fingerprint density at radius 1 is 1.30 bits per heavy atom. The van der Waals surface area contributed by atoms with E-state index in [2.05, 4.69) is 11.4 Å². The van der Waals surface area contributed by atoms with Crippen molar-refractivity contribution in [1.82, 2.24) is 4.90 Å². The third-order valence-electron chi connectivity index (χ3n) is 3.97. The van der Waals surface area contributed by atoms with Crippen LogP contribution in [-0.4, -0.2) is 17.9 Å². The van der Waals surface area contributed by atoms with E-state index in [1.54, 1.807) is 11.3 Å². The summed E-state index contributed by atoms with van der Waals surface area (Å²) in [6, 6.07) is 9.79. The normalized spacial score (nSPS) is 15.8. The molecule has 0 bridgehead atoms. The number of nitrogen functional groups attached to an aromatic ring is 1. The Balaban J connectivity index is 1.77. The van der Waals surface area contributed by atoms with Crippen LogP contribution in [0.4, 0.5) is 5.69 Å². The topological polar surface area (TPSA) is 46.3 Å². The highest BCUT2D eigenvalue weighted by atomic mass is 32.1. The number of anilines is 1. The quantitative estimate of drug-likeness (QED) is 0.878. The van der Waals surface area contributed by atoms with Crippen LogP contribution in [0.3, 0.4) is 0 Å². The van der Waals surface area contributed by atoms with Crippen LogP contribution in [0, 0.1) is 0 Å². The molecule has 4 heteroatoms. The second-order valence-electron chi connectivity index (χ2n) is 5.50. The zero-order valence-corrected chi connectivity index (χ0v) is 12.3. The van der Waals surface area contributed by atoms with E-state index in [-0.39, 0.29) is 11.3 Å². The molecule has 1 fully saturated rings. The summed E-state index contributed by atoms with van der Waals surface area (Å²) in [4.78, 5) is 14.6. The first kappa shape index (κ1) is 13.2. The lowest BCUT2D eigenvalue weighted by molar-refractivity contribution is -0.133. The maximum Gasteiger partial charge on any atom is 0.233 e. The van der Waals surface area contributed by atoms with E-state index in [1.165, 1.54) is 5.56 Å². The van der Waals surface area contributed by atoms with Crippen molar-refractivity contribution in [3.63, 3.8) is 0 Å². The predicted octanol–water partition coefficient (Wildman–Crippen LogP) is 3.02. The number of nitrogens with two attached hydrogens (primary N) is 1. The molecule has 1 heterocycles. The van der Waals surface area contributed by atoms with Gasteiger partial charge in [-0.25, -0.2) is 0 Å². The standard InChI is InChI=1S/C16H18N2OS/c1-18(10-12-6-9-20-11-12)15(19)16(7-8-16)13-2-4-14(17)5-3-13/h2-6,9,11H,7-8,10,17H2,1H3. The molecule has 3 nitrogen and oxygen atoms in total. The van der Waals surface area contributed by atoms with Crippen LogP contribution >= 0.6 is 11.3 Å². The van der Waals surface area contributed by atoms with Crippen LogP contribution in [0.5, 0.6) is 0 Å². The van der Waals surface area contributed by atoms with Gasteiger partial charge in [-0.05, 0) is 52.9 Å². The number of rotatable bonds is 4. The molecule has 0 radical (unpaired) electrons. The minimum absolute atomic E-state index is 0.216. The van der Waals surface area contributed by atoms with Crippen molar-refractivity contribution in [2.24, 2.45) is 0 Å². The number of likely N-dealkylation sites (N-methyl/N-ethyl adjacent to an activating group) is 1. The summed E-state index contributed by atoms with van der Waals surface area (Å²) in [6.45, 7) is 0.680. The van der Waals surface area contributed by atoms with Crippen molar-refractivity contribution in [3.05, 3.63) is 52.2 Å². The lowest BCUT2D eigenvalue weighted by Gasteiger charge is -2.23. The van der Waals surface area contributed by atoms with Crippen LogP contribution in [0.25, 0.3) is 0 Å². The van der Waals surface area contributed by atoms with E-state index in [4.69, 9.17) is 5.73 Å². The molecule has 0 aliphatic heterocycles. The van der Waals surface area contributed by atoms with Gasteiger partial charge in [0.15, 0.2) is 0 Å². The molecule has 2 aromatic rings. The molecule has 2 N–H and O–H groups in total. The van der Waals surface area contributed by atoms with Crippen LogP contribution in [0.2, 0.25) is 0 Å². The average molecular weight is 286 g/mol. The van der Waals surface area contributed by atoms with Crippen LogP contribution in [0.15, 0.2) is 41.1 Å². The molecule has 3 rings (SSSR count). The van der Waals surface area contributed by atoms with Crippen molar-refractivity contribution in [1.29, 1.82) is 0 Å². The Labute approximate surface area is 123 Å². The average Bonchev–Trinajstić information content (AvgIpc) is 3.10. The predicted molar refractivity (Wildman–Crippen MR) is 82.6 cm³/mol. The molecule has 20 heavy (non-hydrogen) atoms. The lowest BCUT2D eigenvalue weighted by atomic mass is 9.94. The Kier molecular flexibility index (Phi) is 3.26. The van der Waals surface area contributed by atoms with E-state index < -0.39 is 0 Å². The monoisotopic (exact) mass is 286 g/mol. The lowest BCUT2D eigenvalue weighted by Crippen LogP contribution is -2.36. The van der Waals surface area contributed by atoms with E-state index >= 15 is 0 Å². The molecule has 0 spiro atoms. The number of nitrogens with zero attached hydrogens (tertiary/aromatic N) is 1. The number of hydrogen-bond acceptors (Lipinski definition) is 3. The van der Waals surface area contributed by atoms with Gasteiger partial charge in [0.05, 0.1) is 5.41 Å².